The highest BCUT2D eigenvalue weighted by Gasteiger charge is 2.30. The van der Waals surface area contributed by atoms with Crippen LogP contribution in [0.3, 0.4) is 0 Å². The van der Waals surface area contributed by atoms with Gasteiger partial charge in [-0.1, -0.05) is 11.2 Å². The van der Waals surface area contributed by atoms with E-state index in [4.69, 9.17) is 24.0 Å². The molecule has 0 unspecified atom stereocenters. The first-order chi connectivity index (χ1) is 17.2. The van der Waals surface area contributed by atoms with Crippen LogP contribution in [-0.4, -0.2) is 67.2 Å². The SMILES string of the molecule is CC(=O)OC[C@H]1O[C@H](CCON=C(C)CCN2CCCCc3nc(C)c(C)cc32)C=C[C@H]1OC(C)=O. The summed E-state index contributed by atoms with van der Waals surface area (Å²) in [5.41, 5.74) is 5.71. The van der Waals surface area contributed by atoms with Crippen molar-refractivity contribution in [1.82, 2.24) is 4.98 Å². The molecule has 0 amide bonds. The van der Waals surface area contributed by atoms with Crippen LogP contribution >= 0.6 is 0 Å². The zero-order valence-electron chi connectivity index (χ0n) is 22.1. The summed E-state index contributed by atoms with van der Waals surface area (Å²) < 4.78 is 16.3. The van der Waals surface area contributed by atoms with Gasteiger partial charge in [-0.15, -0.1) is 0 Å². The maximum absolute atomic E-state index is 11.4. The van der Waals surface area contributed by atoms with E-state index in [1.807, 2.05) is 13.0 Å². The average molecular weight is 502 g/mol. The van der Waals surface area contributed by atoms with Crippen molar-refractivity contribution in [3.8, 4) is 0 Å². The number of esters is 2. The van der Waals surface area contributed by atoms with E-state index in [-0.39, 0.29) is 12.7 Å². The van der Waals surface area contributed by atoms with Crippen LogP contribution in [0.1, 0.15) is 63.4 Å². The topological polar surface area (TPSA) is 99.6 Å². The molecule has 0 bridgehead atoms. The lowest BCUT2D eigenvalue weighted by molar-refractivity contribution is -0.164. The number of hydrogen-bond donors (Lipinski definition) is 0. The van der Waals surface area contributed by atoms with E-state index in [1.54, 1.807) is 6.08 Å². The second-order valence-electron chi connectivity index (χ2n) is 9.47. The van der Waals surface area contributed by atoms with Crippen molar-refractivity contribution < 1.29 is 28.6 Å². The molecule has 0 fully saturated rings. The molecule has 2 aliphatic rings. The lowest BCUT2D eigenvalue weighted by Crippen LogP contribution is -2.41. The van der Waals surface area contributed by atoms with Crippen molar-refractivity contribution in [1.29, 1.82) is 0 Å². The predicted molar refractivity (Wildman–Crippen MR) is 137 cm³/mol. The molecule has 2 aliphatic heterocycles. The van der Waals surface area contributed by atoms with Crippen LogP contribution in [-0.2, 0) is 35.1 Å². The number of oxime groups is 1. The highest BCUT2D eigenvalue weighted by molar-refractivity contribution is 5.81. The minimum absolute atomic E-state index is 0.0144. The molecule has 0 radical (unpaired) electrons. The Morgan fingerprint density at radius 3 is 2.72 bits per heavy atom. The number of pyridine rings is 1. The van der Waals surface area contributed by atoms with Gasteiger partial charge in [-0.3, -0.25) is 14.6 Å². The van der Waals surface area contributed by atoms with Crippen molar-refractivity contribution in [2.24, 2.45) is 5.16 Å². The molecule has 1 aromatic rings. The summed E-state index contributed by atoms with van der Waals surface area (Å²) in [5, 5.41) is 4.29. The van der Waals surface area contributed by atoms with Crippen LogP contribution in [0, 0.1) is 13.8 Å². The van der Waals surface area contributed by atoms with Gasteiger partial charge in [0.25, 0.3) is 0 Å². The molecule has 0 N–H and O–H groups in total. The number of nitrogens with zero attached hydrogens (tertiary/aromatic N) is 3. The smallest absolute Gasteiger partial charge is 0.303 e. The predicted octanol–water partition coefficient (Wildman–Crippen LogP) is 3.83. The number of rotatable bonds is 10. The molecule has 9 heteroatoms. The Morgan fingerprint density at radius 2 is 1.97 bits per heavy atom. The molecule has 0 spiro atoms. The molecule has 9 nitrogen and oxygen atoms in total. The molecule has 0 aromatic carbocycles. The molecular weight excluding hydrogens is 462 g/mol. The van der Waals surface area contributed by atoms with E-state index in [0.717, 1.165) is 50.2 Å². The maximum Gasteiger partial charge on any atom is 0.303 e. The van der Waals surface area contributed by atoms with E-state index < -0.39 is 24.1 Å². The Kier molecular flexibility index (Phi) is 10.3. The lowest BCUT2D eigenvalue weighted by atomic mass is 10.1. The highest BCUT2D eigenvalue weighted by Crippen LogP contribution is 2.27. The Labute approximate surface area is 213 Å². The highest BCUT2D eigenvalue weighted by atomic mass is 16.6. The normalized spacial score (nSPS) is 22.0. The van der Waals surface area contributed by atoms with E-state index in [9.17, 15) is 9.59 Å². The first kappa shape index (κ1) is 27.6. The summed E-state index contributed by atoms with van der Waals surface area (Å²) in [4.78, 5) is 35.4. The molecule has 198 valence electrons. The molecule has 0 saturated carbocycles. The van der Waals surface area contributed by atoms with Gasteiger partial charge >= 0.3 is 11.9 Å². The summed E-state index contributed by atoms with van der Waals surface area (Å²) in [6.07, 6.45) is 6.94. The van der Waals surface area contributed by atoms with Crippen LogP contribution in [0.15, 0.2) is 23.4 Å². The van der Waals surface area contributed by atoms with Crippen molar-refractivity contribution in [2.75, 3.05) is 31.2 Å². The summed E-state index contributed by atoms with van der Waals surface area (Å²) >= 11 is 0. The number of carbonyl (C=O) groups excluding carboxylic acids is 2. The van der Waals surface area contributed by atoms with Crippen LogP contribution in [0.25, 0.3) is 0 Å². The Morgan fingerprint density at radius 1 is 1.17 bits per heavy atom. The first-order valence-corrected chi connectivity index (χ1v) is 12.7. The molecule has 1 aromatic heterocycles. The molecule has 3 heterocycles. The Balaban J connectivity index is 1.47. The number of anilines is 1. The lowest BCUT2D eigenvalue weighted by Gasteiger charge is -2.31. The van der Waals surface area contributed by atoms with Gasteiger partial charge in [0.05, 0.1) is 23.2 Å². The third-order valence-electron chi connectivity index (χ3n) is 6.40. The number of fused-ring (bicyclic) bond motifs is 1. The van der Waals surface area contributed by atoms with Crippen molar-refractivity contribution in [2.45, 2.75) is 85.0 Å². The minimum Gasteiger partial charge on any atom is -0.463 e. The van der Waals surface area contributed by atoms with Crippen molar-refractivity contribution >= 4 is 23.3 Å². The molecule has 3 rings (SSSR count). The van der Waals surface area contributed by atoms with Gasteiger partial charge in [0.1, 0.15) is 25.4 Å². The van der Waals surface area contributed by atoms with E-state index >= 15 is 0 Å². The second kappa shape index (κ2) is 13.4. The molecular formula is C27H39N3O6. The zero-order valence-corrected chi connectivity index (χ0v) is 22.1. The van der Waals surface area contributed by atoms with Crippen molar-refractivity contribution in [3.05, 3.63) is 35.2 Å². The third-order valence-corrected chi connectivity index (χ3v) is 6.40. The molecule has 3 atom stereocenters. The fourth-order valence-corrected chi connectivity index (χ4v) is 4.32. The van der Waals surface area contributed by atoms with Gasteiger partial charge in [-0.05, 0) is 57.7 Å². The summed E-state index contributed by atoms with van der Waals surface area (Å²) in [5.74, 6) is -0.831. The van der Waals surface area contributed by atoms with Gasteiger partial charge in [-0.25, -0.2) is 0 Å². The largest absolute Gasteiger partial charge is 0.463 e. The summed E-state index contributed by atoms with van der Waals surface area (Å²) in [6, 6.07) is 2.27. The number of carbonyl (C=O) groups is 2. The van der Waals surface area contributed by atoms with E-state index in [1.165, 1.54) is 30.8 Å². The Bertz CT molecular complexity index is 977. The van der Waals surface area contributed by atoms with Gasteiger partial charge in [0, 0.05) is 45.5 Å². The van der Waals surface area contributed by atoms with E-state index in [0.29, 0.717) is 13.0 Å². The monoisotopic (exact) mass is 501 g/mol. The van der Waals surface area contributed by atoms with Crippen LogP contribution < -0.4 is 4.90 Å². The van der Waals surface area contributed by atoms with Gasteiger partial charge in [0.2, 0.25) is 0 Å². The second-order valence-corrected chi connectivity index (χ2v) is 9.47. The molecule has 36 heavy (non-hydrogen) atoms. The van der Waals surface area contributed by atoms with E-state index in [2.05, 4.69) is 30.0 Å². The van der Waals surface area contributed by atoms with Gasteiger partial charge < -0.3 is 23.9 Å². The minimum atomic E-state index is -0.591. The number of aromatic nitrogens is 1. The summed E-state index contributed by atoms with van der Waals surface area (Å²) in [7, 11) is 0. The fraction of sp³-hybridized carbons (Fsp3) is 0.630. The average Bonchev–Trinajstić information content (AvgIpc) is 3.02. The fourth-order valence-electron chi connectivity index (χ4n) is 4.32. The number of aryl methyl sites for hydroxylation is 3. The van der Waals surface area contributed by atoms with Gasteiger partial charge in [0.15, 0.2) is 0 Å². The first-order valence-electron chi connectivity index (χ1n) is 12.7. The van der Waals surface area contributed by atoms with Crippen molar-refractivity contribution in [3.63, 3.8) is 0 Å². The Hall–Kier alpha value is -2.94. The van der Waals surface area contributed by atoms with Crippen LogP contribution in [0.2, 0.25) is 0 Å². The van der Waals surface area contributed by atoms with Gasteiger partial charge in [-0.2, -0.15) is 0 Å². The zero-order chi connectivity index (χ0) is 26.1. The molecule has 0 aliphatic carbocycles. The number of ether oxygens (including phenoxy) is 3. The maximum atomic E-state index is 11.4. The summed E-state index contributed by atoms with van der Waals surface area (Å²) in [6.45, 7) is 11.1. The van der Waals surface area contributed by atoms with Crippen LogP contribution in [0.4, 0.5) is 5.69 Å². The molecule has 0 saturated heterocycles. The van der Waals surface area contributed by atoms with Crippen LogP contribution in [0.5, 0.6) is 0 Å². The number of hydrogen-bond acceptors (Lipinski definition) is 9. The standard InChI is InChI=1S/C27H39N3O6/c1-18-16-25-24(28-20(18)3)8-6-7-13-30(25)14-11-19(2)29-34-15-12-23-9-10-26(35-22(5)32)27(36-23)17-33-21(4)31/h9-10,16,23,26-27H,6-8,11-15,17H2,1-5H3/t23-,26+,27+/m0/s1. The third kappa shape index (κ3) is 8.33. The quantitative estimate of drug-likeness (QED) is 0.157.